The summed E-state index contributed by atoms with van der Waals surface area (Å²) in [6.45, 7) is 6.80. The Labute approximate surface area is 71.7 Å². The van der Waals surface area contributed by atoms with E-state index in [0.717, 1.165) is 0 Å². The second-order valence-corrected chi connectivity index (χ2v) is 2.43. The molecule has 0 aliphatic heterocycles. The smallest absolute Gasteiger partial charge is 0.249 e. The lowest BCUT2D eigenvalue weighted by molar-refractivity contribution is -0.114. The van der Waals surface area contributed by atoms with Gasteiger partial charge in [0, 0.05) is 17.6 Å². The molecule has 66 valence electrons. The lowest BCUT2D eigenvalue weighted by Crippen LogP contribution is -2.17. The Bertz CT molecular complexity index is 259. The molecule has 4 N–H and O–H groups in total. The highest BCUT2D eigenvalue weighted by Crippen LogP contribution is 1.94. The largest absolute Gasteiger partial charge is 0.401 e. The number of carbonyl (C=O) groups is 1. The maximum absolute atomic E-state index is 10.6. The lowest BCUT2D eigenvalue weighted by Gasteiger charge is -1.97. The number of aliphatic imine (C=N–C) groups is 1. The van der Waals surface area contributed by atoms with Gasteiger partial charge in [0.2, 0.25) is 5.91 Å². The third-order valence-corrected chi connectivity index (χ3v) is 1.20. The molecule has 0 aromatic rings. The lowest BCUT2D eigenvalue weighted by atomic mass is 10.2. The van der Waals surface area contributed by atoms with Gasteiger partial charge in [-0.1, -0.05) is 6.58 Å². The van der Waals surface area contributed by atoms with Crippen LogP contribution in [-0.2, 0) is 4.79 Å². The molecule has 0 saturated heterocycles. The van der Waals surface area contributed by atoms with E-state index in [1.807, 2.05) is 0 Å². The zero-order valence-corrected chi connectivity index (χ0v) is 7.29. The van der Waals surface area contributed by atoms with Gasteiger partial charge in [-0.25, -0.2) is 0 Å². The van der Waals surface area contributed by atoms with Crippen LogP contribution in [0.1, 0.15) is 13.8 Å². The van der Waals surface area contributed by atoms with E-state index in [1.54, 1.807) is 13.8 Å². The molecule has 0 saturated carbocycles. The molecule has 1 amide bonds. The van der Waals surface area contributed by atoms with Crippen LogP contribution in [0.15, 0.2) is 29.0 Å². The van der Waals surface area contributed by atoms with E-state index in [-0.39, 0.29) is 5.57 Å². The van der Waals surface area contributed by atoms with Gasteiger partial charge in [-0.2, -0.15) is 0 Å². The Hall–Kier alpha value is -1.58. The van der Waals surface area contributed by atoms with Crippen molar-refractivity contribution in [1.82, 2.24) is 0 Å². The fraction of sp³-hybridized carbons (Fsp3) is 0.250. The molecule has 0 radical (unpaired) electrons. The van der Waals surface area contributed by atoms with Gasteiger partial charge in [-0.05, 0) is 13.8 Å². The van der Waals surface area contributed by atoms with Gasteiger partial charge in [0.15, 0.2) is 0 Å². The molecule has 0 spiro atoms. The Balaban J connectivity index is 4.49. The number of hydrogen-bond acceptors (Lipinski definition) is 3. The Kier molecular flexibility index (Phi) is 3.76. The van der Waals surface area contributed by atoms with Gasteiger partial charge < -0.3 is 11.5 Å². The SMILES string of the molecule is C=C(C(N)=O)C(C)=N/C=C(/C)N. The number of hydrogen-bond donors (Lipinski definition) is 2. The first kappa shape index (κ1) is 10.4. The summed E-state index contributed by atoms with van der Waals surface area (Å²) in [6.07, 6.45) is 1.45. The highest BCUT2D eigenvalue weighted by Gasteiger charge is 2.03. The molecular formula is C8H13N3O. The molecule has 0 heterocycles. The van der Waals surface area contributed by atoms with Crippen molar-refractivity contribution in [3.8, 4) is 0 Å². The second kappa shape index (κ2) is 4.33. The molecule has 0 unspecified atom stereocenters. The van der Waals surface area contributed by atoms with Crippen LogP contribution < -0.4 is 11.5 Å². The van der Waals surface area contributed by atoms with E-state index in [1.165, 1.54) is 6.20 Å². The van der Waals surface area contributed by atoms with Crippen molar-refractivity contribution in [2.75, 3.05) is 0 Å². The fourth-order valence-electron chi connectivity index (χ4n) is 0.455. The third kappa shape index (κ3) is 3.55. The highest BCUT2D eigenvalue weighted by atomic mass is 16.1. The molecule has 0 atom stereocenters. The predicted octanol–water partition coefficient (Wildman–Crippen LogP) is 0.309. The monoisotopic (exact) mass is 167 g/mol. The van der Waals surface area contributed by atoms with Gasteiger partial charge in [0.25, 0.3) is 0 Å². The number of carbonyl (C=O) groups excluding carboxylic acids is 1. The van der Waals surface area contributed by atoms with E-state index < -0.39 is 5.91 Å². The van der Waals surface area contributed by atoms with Gasteiger partial charge >= 0.3 is 0 Å². The molecule has 4 heteroatoms. The average molecular weight is 167 g/mol. The Morgan fingerprint density at radius 1 is 1.42 bits per heavy atom. The van der Waals surface area contributed by atoms with E-state index in [4.69, 9.17) is 11.5 Å². The first-order chi connectivity index (χ1) is 5.45. The van der Waals surface area contributed by atoms with Crippen LogP contribution in [-0.4, -0.2) is 11.6 Å². The molecule has 0 aromatic heterocycles. The van der Waals surface area contributed by atoms with E-state index >= 15 is 0 Å². The van der Waals surface area contributed by atoms with E-state index in [0.29, 0.717) is 11.4 Å². The fourth-order valence-corrected chi connectivity index (χ4v) is 0.455. The van der Waals surface area contributed by atoms with Gasteiger partial charge in [0.1, 0.15) is 0 Å². The maximum atomic E-state index is 10.6. The number of amides is 1. The first-order valence-corrected chi connectivity index (χ1v) is 3.41. The molecular weight excluding hydrogens is 154 g/mol. The number of primary amides is 1. The zero-order valence-electron chi connectivity index (χ0n) is 7.29. The van der Waals surface area contributed by atoms with Gasteiger partial charge in [0.05, 0.1) is 5.57 Å². The molecule has 0 bridgehead atoms. The molecule has 0 aliphatic rings. The highest BCUT2D eigenvalue weighted by molar-refractivity contribution is 6.19. The second-order valence-electron chi connectivity index (χ2n) is 2.43. The van der Waals surface area contributed by atoms with Crippen LogP contribution in [0.3, 0.4) is 0 Å². The van der Waals surface area contributed by atoms with Gasteiger partial charge in [-0.15, -0.1) is 0 Å². The Morgan fingerprint density at radius 3 is 2.25 bits per heavy atom. The Morgan fingerprint density at radius 2 is 1.92 bits per heavy atom. The van der Waals surface area contributed by atoms with Crippen LogP contribution in [0, 0.1) is 0 Å². The van der Waals surface area contributed by atoms with Crippen molar-refractivity contribution >= 4 is 11.6 Å². The molecule has 0 aromatic carbocycles. The number of nitrogens with zero attached hydrogens (tertiary/aromatic N) is 1. The summed E-state index contributed by atoms with van der Waals surface area (Å²) >= 11 is 0. The maximum Gasteiger partial charge on any atom is 0.249 e. The summed E-state index contributed by atoms with van der Waals surface area (Å²) in [7, 11) is 0. The molecule has 0 fully saturated rings. The minimum atomic E-state index is -0.570. The molecule has 4 nitrogen and oxygen atoms in total. The summed E-state index contributed by atoms with van der Waals surface area (Å²) < 4.78 is 0. The summed E-state index contributed by atoms with van der Waals surface area (Å²) in [4.78, 5) is 14.4. The topological polar surface area (TPSA) is 81.5 Å². The average Bonchev–Trinajstić information content (AvgIpc) is 1.98. The number of allylic oxidation sites excluding steroid dienone is 1. The van der Waals surface area contributed by atoms with Gasteiger partial charge in [-0.3, -0.25) is 9.79 Å². The van der Waals surface area contributed by atoms with Crippen LogP contribution >= 0.6 is 0 Å². The minimum Gasteiger partial charge on any atom is -0.401 e. The van der Waals surface area contributed by atoms with Crippen molar-refractivity contribution in [2.45, 2.75) is 13.8 Å². The van der Waals surface area contributed by atoms with Crippen molar-refractivity contribution < 1.29 is 4.79 Å². The molecule has 12 heavy (non-hydrogen) atoms. The summed E-state index contributed by atoms with van der Waals surface area (Å²) in [6, 6.07) is 0. The van der Waals surface area contributed by atoms with E-state index in [2.05, 4.69) is 11.6 Å². The molecule has 0 rings (SSSR count). The van der Waals surface area contributed by atoms with Crippen LogP contribution in [0.5, 0.6) is 0 Å². The van der Waals surface area contributed by atoms with Crippen molar-refractivity contribution in [3.63, 3.8) is 0 Å². The van der Waals surface area contributed by atoms with Crippen LogP contribution in [0.25, 0.3) is 0 Å². The first-order valence-electron chi connectivity index (χ1n) is 3.41. The van der Waals surface area contributed by atoms with Crippen molar-refractivity contribution in [3.05, 3.63) is 24.0 Å². The number of nitrogens with two attached hydrogens (primary N) is 2. The standard InChI is InChI=1S/C8H13N3O/c1-5(9)4-11-7(3)6(2)8(10)12/h4H,2,9H2,1,3H3,(H2,10,12)/b5-4-,11-7?. The van der Waals surface area contributed by atoms with Crippen LogP contribution in [0.2, 0.25) is 0 Å². The summed E-state index contributed by atoms with van der Waals surface area (Å²) in [5.41, 5.74) is 11.5. The van der Waals surface area contributed by atoms with Crippen molar-refractivity contribution in [2.24, 2.45) is 16.5 Å². The normalized spacial score (nSPS) is 12.8. The van der Waals surface area contributed by atoms with Crippen molar-refractivity contribution in [1.29, 1.82) is 0 Å². The van der Waals surface area contributed by atoms with E-state index in [9.17, 15) is 4.79 Å². The molecule has 0 aliphatic carbocycles. The summed E-state index contributed by atoms with van der Waals surface area (Å²) in [5.74, 6) is -0.570. The number of rotatable bonds is 3. The third-order valence-electron chi connectivity index (χ3n) is 1.20. The minimum absolute atomic E-state index is 0.201. The predicted molar refractivity (Wildman–Crippen MR) is 49.4 cm³/mol. The zero-order chi connectivity index (χ0) is 9.72. The van der Waals surface area contributed by atoms with Crippen LogP contribution in [0.4, 0.5) is 0 Å². The quantitative estimate of drug-likeness (QED) is 0.468. The summed E-state index contributed by atoms with van der Waals surface area (Å²) in [5, 5.41) is 0.